The van der Waals surface area contributed by atoms with Gasteiger partial charge in [0.15, 0.2) is 0 Å². The Labute approximate surface area is 114 Å². The van der Waals surface area contributed by atoms with Crippen LogP contribution in [0.2, 0.25) is 0 Å². The maximum atomic E-state index is 4.46. The van der Waals surface area contributed by atoms with Crippen molar-refractivity contribution in [2.45, 2.75) is 19.9 Å². The zero-order chi connectivity index (χ0) is 12.1. The normalized spacial score (nSPS) is 10.7. The van der Waals surface area contributed by atoms with E-state index in [-0.39, 0.29) is 0 Å². The first-order valence-electron chi connectivity index (χ1n) is 5.71. The lowest BCUT2D eigenvalue weighted by atomic mass is 10.2. The zero-order valence-corrected chi connectivity index (χ0v) is 12.1. The van der Waals surface area contributed by atoms with Gasteiger partial charge >= 0.3 is 0 Å². The SMILES string of the molecule is CCCNCc1cnc(-c2ccc(Br)cc2)s1. The summed E-state index contributed by atoms with van der Waals surface area (Å²) < 4.78 is 1.10. The van der Waals surface area contributed by atoms with E-state index >= 15 is 0 Å². The summed E-state index contributed by atoms with van der Waals surface area (Å²) in [6.07, 6.45) is 3.13. The van der Waals surface area contributed by atoms with Gasteiger partial charge < -0.3 is 5.32 Å². The van der Waals surface area contributed by atoms with E-state index in [4.69, 9.17) is 0 Å². The summed E-state index contributed by atoms with van der Waals surface area (Å²) in [4.78, 5) is 5.75. The Hall–Kier alpha value is -0.710. The molecule has 2 nitrogen and oxygen atoms in total. The van der Waals surface area contributed by atoms with Gasteiger partial charge in [0, 0.05) is 27.7 Å². The van der Waals surface area contributed by atoms with Gasteiger partial charge in [-0.25, -0.2) is 4.98 Å². The Morgan fingerprint density at radius 2 is 2.06 bits per heavy atom. The highest BCUT2D eigenvalue weighted by molar-refractivity contribution is 9.10. The average molecular weight is 311 g/mol. The van der Waals surface area contributed by atoms with Crippen molar-refractivity contribution in [2.24, 2.45) is 0 Å². The van der Waals surface area contributed by atoms with E-state index in [1.54, 1.807) is 11.3 Å². The monoisotopic (exact) mass is 310 g/mol. The molecular formula is C13H15BrN2S. The molecule has 90 valence electrons. The molecule has 0 unspecified atom stereocenters. The highest BCUT2D eigenvalue weighted by Crippen LogP contribution is 2.26. The third kappa shape index (κ3) is 3.63. The number of nitrogens with zero attached hydrogens (tertiary/aromatic N) is 1. The predicted octanol–water partition coefficient (Wildman–Crippen LogP) is 4.07. The quantitative estimate of drug-likeness (QED) is 0.842. The molecule has 1 aromatic carbocycles. The first-order chi connectivity index (χ1) is 8.29. The van der Waals surface area contributed by atoms with Crippen molar-refractivity contribution in [1.29, 1.82) is 0 Å². The van der Waals surface area contributed by atoms with E-state index in [0.717, 1.165) is 22.6 Å². The van der Waals surface area contributed by atoms with Gasteiger partial charge in [-0.3, -0.25) is 0 Å². The van der Waals surface area contributed by atoms with Gasteiger partial charge in [-0.05, 0) is 25.1 Å². The fraction of sp³-hybridized carbons (Fsp3) is 0.308. The van der Waals surface area contributed by atoms with Gasteiger partial charge in [-0.15, -0.1) is 11.3 Å². The maximum Gasteiger partial charge on any atom is 0.123 e. The summed E-state index contributed by atoms with van der Waals surface area (Å²) in [6, 6.07) is 8.27. The van der Waals surface area contributed by atoms with Crippen molar-refractivity contribution < 1.29 is 0 Å². The topological polar surface area (TPSA) is 24.9 Å². The first kappa shape index (κ1) is 12.7. The maximum absolute atomic E-state index is 4.46. The lowest BCUT2D eigenvalue weighted by Gasteiger charge is -1.98. The molecule has 0 fully saturated rings. The first-order valence-corrected chi connectivity index (χ1v) is 7.32. The van der Waals surface area contributed by atoms with Crippen LogP contribution < -0.4 is 5.32 Å². The molecule has 2 aromatic rings. The lowest BCUT2D eigenvalue weighted by Crippen LogP contribution is -2.12. The highest BCUT2D eigenvalue weighted by atomic mass is 79.9. The van der Waals surface area contributed by atoms with Crippen molar-refractivity contribution in [2.75, 3.05) is 6.54 Å². The summed E-state index contributed by atoms with van der Waals surface area (Å²) in [5.74, 6) is 0. The van der Waals surface area contributed by atoms with Crippen LogP contribution >= 0.6 is 27.3 Å². The second-order valence-corrected chi connectivity index (χ2v) is 5.85. The van der Waals surface area contributed by atoms with E-state index in [1.807, 2.05) is 18.3 Å². The summed E-state index contributed by atoms with van der Waals surface area (Å²) in [5.41, 5.74) is 1.18. The van der Waals surface area contributed by atoms with Crippen LogP contribution in [0.5, 0.6) is 0 Å². The smallest absolute Gasteiger partial charge is 0.123 e. The van der Waals surface area contributed by atoms with Crippen molar-refractivity contribution in [3.05, 3.63) is 39.8 Å². The number of hydrogen-bond donors (Lipinski definition) is 1. The molecule has 0 aliphatic rings. The van der Waals surface area contributed by atoms with Gasteiger partial charge in [0.2, 0.25) is 0 Å². The van der Waals surface area contributed by atoms with E-state index in [1.165, 1.54) is 16.9 Å². The van der Waals surface area contributed by atoms with E-state index in [0.29, 0.717) is 0 Å². The van der Waals surface area contributed by atoms with E-state index < -0.39 is 0 Å². The van der Waals surface area contributed by atoms with Gasteiger partial charge in [0.25, 0.3) is 0 Å². The molecule has 0 bridgehead atoms. The molecule has 17 heavy (non-hydrogen) atoms. The number of halogens is 1. The molecule has 0 amide bonds. The Morgan fingerprint density at radius 3 is 2.76 bits per heavy atom. The molecule has 1 N–H and O–H groups in total. The van der Waals surface area contributed by atoms with Gasteiger partial charge in [-0.1, -0.05) is 35.0 Å². The van der Waals surface area contributed by atoms with Gasteiger partial charge in [0.05, 0.1) is 0 Å². The van der Waals surface area contributed by atoms with Gasteiger partial charge in [-0.2, -0.15) is 0 Å². The van der Waals surface area contributed by atoms with Crippen LogP contribution in [0.15, 0.2) is 34.9 Å². The molecule has 0 atom stereocenters. The standard InChI is InChI=1S/C13H15BrN2S/c1-2-7-15-8-12-9-16-13(17-12)10-3-5-11(14)6-4-10/h3-6,9,15H,2,7-8H2,1H3. The van der Waals surface area contributed by atoms with E-state index in [2.05, 4.69) is 45.3 Å². The minimum Gasteiger partial charge on any atom is -0.312 e. The van der Waals surface area contributed by atoms with Crippen LogP contribution in [0.1, 0.15) is 18.2 Å². The number of nitrogens with one attached hydrogen (secondary N) is 1. The fourth-order valence-corrected chi connectivity index (χ4v) is 2.66. The number of thiazole rings is 1. The molecule has 0 radical (unpaired) electrons. The minimum atomic E-state index is 0.919. The van der Waals surface area contributed by atoms with Crippen LogP contribution in [0.3, 0.4) is 0 Å². The lowest BCUT2D eigenvalue weighted by molar-refractivity contribution is 0.681. The number of hydrogen-bond acceptors (Lipinski definition) is 3. The highest BCUT2D eigenvalue weighted by Gasteiger charge is 2.04. The molecule has 1 heterocycles. The van der Waals surface area contributed by atoms with E-state index in [9.17, 15) is 0 Å². The summed E-state index contributed by atoms with van der Waals surface area (Å²) in [5, 5.41) is 4.48. The second-order valence-electron chi connectivity index (χ2n) is 3.82. The van der Waals surface area contributed by atoms with Crippen LogP contribution in [0.4, 0.5) is 0 Å². The Bertz CT molecular complexity index is 465. The number of benzene rings is 1. The molecule has 2 rings (SSSR count). The van der Waals surface area contributed by atoms with Crippen LogP contribution in [0.25, 0.3) is 10.6 Å². The van der Waals surface area contributed by atoms with Crippen molar-refractivity contribution >= 4 is 27.3 Å². The Balaban J connectivity index is 2.04. The molecule has 0 aliphatic carbocycles. The zero-order valence-electron chi connectivity index (χ0n) is 9.74. The van der Waals surface area contributed by atoms with Crippen LogP contribution in [-0.4, -0.2) is 11.5 Å². The summed E-state index contributed by atoms with van der Waals surface area (Å²) >= 11 is 5.19. The number of rotatable bonds is 5. The molecule has 0 saturated carbocycles. The molecule has 1 aromatic heterocycles. The predicted molar refractivity (Wildman–Crippen MR) is 77.2 cm³/mol. The molecule has 0 saturated heterocycles. The Morgan fingerprint density at radius 1 is 1.29 bits per heavy atom. The minimum absolute atomic E-state index is 0.919. The molecule has 4 heteroatoms. The number of aromatic nitrogens is 1. The largest absolute Gasteiger partial charge is 0.312 e. The molecular weight excluding hydrogens is 296 g/mol. The summed E-state index contributed by atoms with van der Waals surface area (Å²) in [7, 11) is 0. The van der Waals surface area contributed by atoms with Crippen LogP contribution in [0, 0.1) is 0 Å². The van der Waals surface area contributed by atoms with Crippen molar-refractivity contribution in [3.63, 3.8) is 0 Å². The molecule has 0 aliphatic heterocycles. The van der Waals surface area contributed by atoms with Crippen molar-refractivity contribution in [3.8, 4) is 10.6 Å². The van der Waals surface area contributed by atoms with Crippen molar-refractivity contribution in [1.82, 2.24) is 10.3 Å². The third-order valence-corrected chi connectivity index (χ3v) is 3.95. The van der Waals surface area contributed by atoms with Gasteiger partial charge in [0.1, 0.15) is 5.01 Å². The second kappa shape index (κ2) is 6.28. The molecule has 0 spiro atoms. The third-order valence-electron chi connectivity index (χ3n) is 2.37. The summed E-state index contributed by atoms with van der Waals surface area (Å²) in [6.45, 7) is 4.15. The fourth-order valence-electron chi connectivity index (χ4n) is 1.50. The Kier molecular flexibility index (Phi) is 4.71. The average Bonchev–Trinajstić information content (AvgIpc) is 2.79. The van der Waals surface area contributed by atoms with Crippen LogP contribution in [-0.2, 0) is 6.54 Å².